The molecule has 6 heteroatoms. The van der Waals surface area contributed by atoms with Gasteiger partial charge in [0.05, 0.1) is 11.0 Å². The molecule has 2 rings (SSSR count). The predicted octanol–water partition coefficient (Wildman–Crippen LogP) is 2.48. The molecule has 0 saturated carbocycles. The second-order valence-corrected chi connectivity index (χ2v) is 5.11. The molecule has 5 nitrogen and oxygen atoms in total. The Hall–Kier alpha value is -1.76. The fourth-order valence-electron chi connectivity index (χ4n) is 1.68. The van der Waals surface area contributed by atoms with Gasteiger partial charge in [-0.15, -0.1) is 11.3 Å². The van der Waals surface area contributed by atoms with Crippen molar-refractivity contribution in [2.24, 2.45) is 0 Å². The highest BCUT2D eigenvalue weighted by Gasteiger charge is 2.10. The largest absolute Gasteiger partial charge is 0.387 e. The molecule has 19 heavy (non-hydrogen) atoms. The first kappa shape index (κ1) is 13.7. The van der Waals surface area contributed by atoms with Gasteiger partial charge in [0.1, 0.15) is 0 Å². The van der Waals surface area contributed by atoms with Crippen LogP contribution in [0.1, 0.15) is 16.5 Å². The van der Waals surface area contributed by atoms with Crippen molar-refractivity contribution < 1.29 is 10.0 Å². The first-order valence-corrected chi connectivity index (χ1v) is 6.70. The number of nitrogens with zero attached hydrogens (tertiary/aromatic N) is 1. The van der Waals surface area contributed by atoms with Gasteiger partial charge in [-0.2, -0.15) is 0 Å². The van der Waals surface area contributed by atoms with Crippen LogP contribution in [-0.2, 0) is 6.54 Å². The summed E-state index contributed by atoms with van der Waals surface area (Å²) < 4.78 is 0. The van der Waals surface area contributed by atoms with Gasteiger partial charge in [-0.25, -0.2) is 0 Å². The Morgan fingerprint density at radius 1 is 1.32 bits per heavy atom. The van der Waals surface area contributed by atoms with Crippen LogP contribution in [0.5, 0.6) is 0 Å². The van der Waals surface area contributed by atoms with E-state index in [9.17, 15) is 15.2 Å². The molecular weight excluding hydrogens is 264 g/mol. The van der Waals surface area contributed by atoms with Crippen LogP contribution in [0.3, 0.4) is 0 Å². The summed E-state index contributed by atoms with van der Waals surface area (Å²) in [4.78, 5) is 11.3. The van der Waals surface area contributed by atoms with Gasteiger partial charge in [0.25, 0.3) is 5.69 Å². The lowest BCUT2D eigenvalue weighted by molar-refractivity contribution is -0.384. The Morgan fingerprint density at radius 3 is 2.63 bits per heavy atom. The molecule has 100 valence electrons. The summed E-state index contributed by atoms with van der Waals surface area (Å²) in [6.07, 6.45) is -0.666. The van der Waals surface area contributed by atoms with Crippen molar-refractivity contribution in [3.63, 3.8) is 0 Å². The summed E-state index contributed by atoms with van der Waals surface area (Å²) in [6, 6.07) is 9.96. The highest BCUT2D eigenvalue weighted by molar-refractivity contribution is 7.09. The van der Waals surface area contributed by atoms with Crippen molar-refractivity contribution in [3.8, 4) is 0 Å². The van der Waals surface area contributed by atoms with Crippen molar-refractivity contribution in [1.29, 1.82) is 0 Å². The summed E-state index contributed by atoms with van der Waals surface area (Å²) in [6.45, 7) is 1.12. The van der Waals surface area contributed by atoms with Crippen LogP contribution in [-0.4, -0.2) is 16.6 Å². The molecule has 1 atom stereocenters. The van der Waals surface area contributed by atoms with E-state index < -0.39 is 11.0 Å². The van der Waals surface area contributed by atoms with Crippen LogP contribution in [0.25, 0.3) is 0 Å². The van der Waals surface area contributed by atoms with Crippen LogP contribution in [0.4, 0.5) is 5.69 Å². The fourth-order valence-corrected chi connectivity index (χ4v) is 2.36. The Balaban J connectivity index is 1.85. The van der Waals surface area contributed by atoms with E-state index in [2.05, 4.69) is 5.32 Å². The molecule has 1 aromatic carbocycles. The zero-order chi connectivity index (χ0) is 13.7. The van der Waals surface area contributed by atoms with Crippen LogP contribution in [0.2, 0.25) is 0 Å². The third-order valence-electron chi connectivity index (χ3n) is 2.71. The van der Waals surface area contributed by atoms with E-state index in [0.29, 0.717) is 18.7 Å². The SMILES string of the molecule is O=[N+]([O-])c1ccc(C(O)CNCc2cccs2)cc1. The number of thiophene rings is 1. The van der Waals surface area contributed by atoms with E-state index in [1.54, 1.807) is 23.5 Å². The highest BCUT2D eigenvalue weighted by atomic mass is 32.1. The van der Waals surface area contributed by atoms with E-state index >= 15 is 0 Å². The molecule has 0 aliphatic rings. The minimum atomic E-state index is -0.666. The quantitative estimate of drug-likeness (QED) is 0.628. The smallest absolute Gasteiger partial charge is 0.269 e. The van der Waals surface area contributed by atoms with Crippen molar-refractivity contribution in [2.45, 2.75) is 12.6 Å². The molecule has 1 unspecified atom stereocenters. The molecule has 0 amide bonds. The molecule has 0 spiro atoms. The minimum Gasteiger partial charge on any atom is -0.387 e. The molecule has 2 N–H and O–H groups in total. The normalized spacial score (nSPS) is 12.3. The second-order valence-electron chi connectivity index (χ2n) is 4.07. The average molecular weight is 278 g/mol. The number of non-ortho nitro benzene ring substituents is 1. The molecule has 1 aromatic heterocycles. The molecule has 0 fully saturated rings. The lowest BCUT2D eigenvalue weighted by Crippen LogP contribution is -2.20. The lowest BCUT2D eigenvalue weighted by Gasteiger charge is -2.11. The van der Waals surface area contributed by atoms with E-state index in [0.717, 1.165) is 0 Å². The van der Waals surface area contributed by atoms with Crippen LogP contribution >= 0.6 is 11.3 Å². The Morgan fingerprint density at radius 2 is 2.05 bits per heavy atom. The molecule has 0 saturated heterocycles. The molecule has 0 aliphatic carbocycles. The number of nitro groups is 1. The summed E-state index contributed by atoms with van der Waals surface area (Å²) in [5.74, 6) is 0. The Labute approximate surface area is 114 Å². The van der Waals surface area contributed by atoms with E-state index in [-0.39, 0.29) is 5.69 Å². The first-order chi connectivity index (χ1) is 9.16. The van der Waals surface area contributed by atoms with Gasteiger partial charge in [-0.3, -0.25) is 10.1 Å². The van der Waals surface area contributed by atoms with Gasteiger partial charge in [-0.1, -0.05) is 6.07 Å². The third kappa shape index (κ3) is 3.85. The number of hydrogen-bond acceptors (Lipinski definition) is 5. The number of benzene rings is 1. The van der Waals surface area contributed by atoms with Crippen LogP contribution < -0.4 is 5.32 Å². The van der Waals surface area contributed by atoms with Crippen molar-refractivity contribution in [1.82, 2.24) is 5.32 Å². The van der Waals surface area contributed by atoms with Gasteiger partial charge >= 0.3 is 0 Å². The number of aliphatic hydroxyl groups excluding tert-OH is 1. The number of nitrogens with one attached hydrogen (secondary N) is 1. The topological polar surface area (TPSA) is 75.4 Å². The summed E-state index contributed by atoms with van der Waals surface area (Å²) >= 11 is 1.66. The monoisotopic (exact) mass is 278 g/mol. The maximum Gasteiger partial charge on any atom is 0.269 e. The summed E-state index contributed by atoms with van der Waals surface area (Å²) in [7, 11) is 0. The average Bonchev–Trinajstić information content (AvgIpc) is 2.92. The molecule has 0 radical (unpaired) electrons. The van der Waals surface area contributed by atoms with Crippen molar-refractivity contribution in [2.75, 3.05) is 6.54 Å². The van der Waals surface area contributed by atoms with Gasteiger partial charge < -0.3 is 10.4 Å². The van der Waals surface area contributed by atoms with Crippen molar-refractivity contribution in [3.05, 3.63) is 62.3 Å². The molecule has 1 heterocycles. The molecule has 0 bridgehead atoms. The lowest BCUT2D eigenvalue weighted by atomic mass is 10.1. The number of rotatable bonds is 6. The molecule has 0 aliphatic heterocycles. The number of hydrogen-bond donors (Lipinski definition) is 2. The van der Waals surface area contributed by atoms with Gasteiger partial charge in [0, 0.05) is 30.1 Å². The van der Waals surface area contributed by atoms with Gasteiger partial charge in [-0.05, 0) is 29.1 Å². The predicted molar refractivity (Wildman–Crippen MR) is 74.1 cm³/mol. The van der Waals surface area contributed by atoms with E-state index in [1.807, 2.05) is 17.5 Å². The van der Waals surface area contributed by atoms with Gasteiger partial charge in [0.15, 0.2) is 0 Å². The molecular formula is C13H14N2O3S. The third-order valence-corrected chi connectivity index (χ3v) is 3.58. The van der Waals surface area contributed by atoms with E-state index in [1.165, 1.54) is 17.0 Å². The maximum absolute atomic E-state index is 10.5. The van der Waals surface area contributed by atoms with Crippen molar-refractivity contribution >= 4 is 17.0 Å². The fraction of sp³-hybridized carbons (Fsp3) is 0.231. The standard InChI is InChI=1S/C13H14N2O3S/c16-13(9-14-8-12-2-1-7-19-12)10-3-5-11(6-4-10)15(17)18/h1-7,13-14,16H,8-9H2. The minimum absolute atomic E-state index is 0.0301. The summed E-state index contributed by atoms with van der Waals surface area (Å²) in [5.41, 5.74) is 0.701. The van der Waals surface area contributed by atoms with E-state index in [4.69, 9.17) is 0 Å². The van der Waals surface area contributed by atoms with Crippen LogP contribution in [0, 0.1) is 10.1 Å². The number of aliphatic hydroxyl groups is 1. The molecule has 2 aromatic rings. The zero-order valence-corrected chi connectivity index (χ0v) is 11.0. The highest BCUT2D eigenvalue weighted by Crippen LogP contribution is 2.17. The van der Waals surface area contributed by atoms with Crippen LogP contribution in [0.15, 0.2) is 41.8 Å². The second kappa shape index (κ2) is 6.42. The Bertz CT molecular complexity index is 525. The number of nitro benzene ring substituents is 1. The summed E-state index contributed by atoms with van der Waals surface area (Å²) in [5, 5.41) is 25.6. The first-order valence-electron chi connectivity index (χ1n) is 5.82. The van der Waals surface area contributed by atoms with Gasteiger partial charge in [0.2, 0.25) is 0 Å². The maximum atomic E-state index is 10.5. The Kier molecular flexibility index (Phi) is 4.62. The zero-order valence-electron chi connectivity index (χ0n) is 10.2.